The van der Waals surface area contributed by atoms with Gasteiger partial charge < -0.3 is 5.11 Å². The molecule has 0 fully saturated rings. The van der Waals surface area contributed by atoms with Crippen LogP contribution in [0.25, 0.3) is 0 Å². The smallest absolute Gasteiger partial charge is 0.0997 e. The Kier molecular flexibility index (Phi) is 2.32. The van der Waals surface area contributed by atoms with Gasteiger partial charge in [0.25, 0.3) is 0 Å². The number of aliphatic hydroxyl groups excluding tert-OH is 1. The molecule has 0 bridgehead atoms. The van der Waals surface area contributed by atoms with Crippen LogP contribution >= 0.6 is 0 Å². The number of allylic oxidation sites excluding steroid dienone is 6. The maximum absolute atomic E-state index is 9.28. The number of hydrogen-bond donors (Lipinski definition) is 1. The SMILES string of the molecule is C/C=C/C1=C(O)CCC=C1. The second kappa shape index (κ2) is 3.25. The van der Waals surface area contributed by atoms with Gasteiger partial charge in [0, 0.05) is 12.0 Å². The highest BCUT2D eigenvalue weighted by Gasteiger charge is 2.01. The summed E-state index contributed by atoms with van der Waals surface area (Å²) in [6, 6.07) is 0. The molecule has 0 unspecified atom stereocenters. The van der Waals surface area contributed by atoms with Crippen LogP contribution in [0.5, 0.6) is 0 Å². The predicted octanol–water partition coefficient (Wildman–Crippen LogP) is 2.72. The van der Waals surface area contributed by atoms with Crippen LogP contribution < -0.4 is 0 Å². The van der Waals surface area contributed by atoms with Gasteiger partial charge in [-0.25, -0.2) is 0 Å². The zero-order valence-electron chi connectivity index (χ0n) is 6.17. The fraction of sp³-hybridized carbons (Fsp3) is 0.333. The van der Waals surface area contributed by atoms with Crippen molar-refractivity contribution in [1.82, 2.24) is 0 Å². The van der Waals surface area contributed by atoms with Crippen LogP contribution in [0.2, 0.25) is 0 Å². The van der Waals surface area contributed by atoms with Gasteiger partial charge in [0.1, 0.15) is 0 Å². The predicted molar refractivity (Wildman–Crippen MR) is 42.8 cm³/mol. The maximum atomic E-state index is 9.28. The van der Waals surface area contributed by atoms with Crippen molar-refractivity contribution in [2.45, 2.75) is 19.8 Å². The molecule has 0 spiro atoms. The molecule has 0 atom stereocenters. The van der Waals surface area contributed by atoms with Gasteiger partial charge in [-0.3, -0.25) is 0 Å². The van der Waals surface area contributed by atoms with Gasteiger partial charge in [-0.1, -0.05) is 24.3 Å². The van der Waals surface area contributed by atoms with Crippen molar-refractivity contribution in [3.8, 4) is 0 Å². The van der Waals surface area contributed by atoms with E-state index in [1.807, 2.05) is 25.2 Å². The Bertz CT molecular complexity index is 193. The number of hydrogen-bond acceptors (Lipinski definition) is 1. The van der Waals surface area contributed by atoms with E-state index in [0.29, 0.717) is 5.76 Å². The van der Waals surface area contributed by atoms with Crippen molar-refractivity contribution < 1.29 is 5.11 Å². The van der Waals surface area contributed by atoms with Gasteiger partial charge in [0.05, 0.1) is 5.76 Å². The summed E-state index contributed by atoms with van der Waals surface area (Å²) in [6.45, 7) is 1.95. The van der Waals surface area contributed by atoms with E-state index in [-0.39, 0.29) is 0 Å². The highest BCUT2D eigenvalue weighted by molar-refractivity contribution is 5.35. The molecule has 1 N–H and O–H groups in total. The standard InChI is InChI=1S/C9H12O/c1-2-5-8-6-3-4-7-9(8)10/h2-3,5-6,10H,4,7H2,1H3/b5-2+. The van der Waals surface area contributed by atoms with Gasteiger partial charge in [0.2, 0.25) is 0 Å². The third kappa shape index (κ3) is 1.50. The third-order valence-electron chi connectivity index (χ3n) is 1.52. The summed E-state index contributed by atoms with van der Waals surface area (Å²) >= 11 is 0. The summed E-state index contributed by atoms with van der Waals surface area (Å²) in [4.78, 5) is 0. The summed E-state index contributed by atoms with van der Waals surface area (Å²) in [6.07, 6.45) is 9.64. The van der Waals surface area contributed by atoms with E-state index < -0.39 is 0 Å². The van der Waals surface area contributed by atoms with E-state index in [0.717, 1.165) is 18.4 Å². The van der Waals surface area contributed by atoms with Crippen LogP contribution in [0, 0.1) is 0 Å². The minimum Gasteiger partial charge on any atom is -0.512 e. The van der Waals surface area contributed by atoms with Crippen molar-refractivity contribution in [3.05, 3.63) is 35.6 Å². The van der Waals surface area contributed by atoms with E-state index in [9.17, 15) is 5.11 Å². The molecule has 54 valence electrons. The van der Waals surface area contributed by atoms with Crippen LogP contribution in [0.15, 0.2) is 35.6 Å². The molecule has 0 aromatic carbocycles. The summed E-state index contributed by atoms with van der Waals surface area (Å²) in [7, 11) is 0. The number of aliphatic hydroxyl groups is 1. The molecule has 0 saturated heterocycles. The zero-order chi connectivity index (χ0) is 7.40. The van der Waals surface area contributed by atoms with E-state index in [1.165, 1.54) is 0 Å². The first-order chi connectivity index (χ1) is 4.84. The lowest BCUT2D eigenvalue weighted by Crippen LogP contribution is -1.90. The highest BCUT2D eigenvalue weighted by Crippen LogP contribution is 2.16. The Hall–Kier alpha value is -0.980. The van der Waals surface area contributed by atoms with Gasteiger partial charge in [-0.2, -0.15) is 0 Å². The molecule has 0 amide bonds. The van der Waals surface area contributed by atoms with Crippen molar-refractivity contribution in [2.24, 2.45) is 0 Å². The molecule has 0 heterocycles. The van der Waals surface area contributed by atoms with E-state index in [1.54, 1.807) is 0 Å². The largest absolute Gasteiger partial charge is 0.512 e. The van der Waals surface area contributed by atoms with Crippen LogP contribution in [-0.2, 0) is 0 Å². The van der Waals surface area contributed by atoms with Crippen molar-refractivity contribution in [2.75, 3.05) is 0 Å². The molecular weight excluding hydrogens is 124 g/mol. The van der Waals surface area contributed by atoms with Crippen molar-refractivity contribution >= 4 is 0 Å². The Morgan fingerprint density at radius 2 is 2.40 bits per heavy atom. The molecule has 1 heteroatoms. The normalized spacial score (nSPS) is 18.9. The summed E-state index contributed by atoms with van der Waals surface area (Å²) in [5.41, 5.74) is 0.953. The molecule has 10 heavy (non-hydrogen) atoms. The lowest BCUT2D eigenvalue weighted by molar-refractivity contribution is 0.383. The fourth-order valence-electron chi connectivity index (χ4n) is 1.00. The Morgan fingerprint density at radius 1 is 1.60 bits per heavy atom. The minimum atomic E-state index is 0.514. The molecule has 1 nitrogen and oxygen atoms in total. The lowest BCUT2D eigenvalue weighted by Gasteiger charge is -2.05. The zero-order valence-corrected chi connectivity index (χ0v) is 6.17. The first kappa shape index (κ1) is 7.13. The van der Waals surface area contributed by atoms with Gasteiger partial charge in [-0.15, -0.1) is 0 Å². The molecule has 1 aliphatic rings. The molecule has 0 aromatic rings. The molecule has 1 rings (SSSR count). The van der Waals surface area contributed by atoms with E-state index >= 15 is 0 Å². The Balaban J connectivity index is 2.79. The average molecular weight is 136 g/mol. The minimum absolute atomic E-state index is 0.514. The van der Waals surface area contributed by atoms with Crippen LogP contribution in [-0.4, -0.2) is 5.11 Å². The Labute approximate surface area is 61.4 Å². The van der Waals surface area contributed by atoms with Crippen LogP contribution in [0.4, 0.5) is 0 Å². The van der Waals surface area contributed by atoms with Crippen LogP contribution in [0.1, 0.15) is 19.8 Å². The second-order valence-corrected chi connectivity index (χ2v) is 2.34. The second-order valence-electron chi connectivity index (χ2n) is 2.34. The molecule has 0 aliphatic heterocycles. The van der Waals surface area contributed by atoms with Gasteiger partial charge >= 0.3 is 0 Å². The lowest BCUT2D eigenvalue weighted by atomic mass is 10.1. The van der Waals surface area contributed by atoms with E-state index in [4.69, 9.17) is 0 Å². The fourth-order valence-corrected chi connectivity index (χ4v) is 1.00. The third-order valence-corrected chi connectivity index (χ3v) is 1.52. The summed E-state index contributed by atoms with van der Waals surface area (Å²) in [5.74, 6) is 0.514. The van der Waals surface area contributed by atoms with Gasteiger partial charge in [-0.05, 0) is 13.3 Å². The monoisotopic (exact) mass is 136 g/mol. The summed E-state index contributed by atoms with van der Waals surface area (Å²) in [5, 5.41) is 9.28. The van der Waals surface area contributed by atoms with Gasteiger partial charge in [0.15, 0.2) is 0 Å². The molecule has 1 aliphatic carbocycles. The van der Waals surface area contributed by atoms with Crippen LogP contribution in [0.3, 0.4) is 0 Å². The molecular formula is C9H12O. The Morgan fingerprint density at radius 3 is 3.00 bits per heavy atom. The van der Waals surface area contributed by atoms with Crippen molar-refractivity contribution in [1.29, 1.82) is 0 Å². The maximum Gasteiger partial charge on any atom is 0.0997 e. The average Bonchev–Trinajstić information content (AvgIpc) is 1.94. The quantitative estimate of drug-likeness (QED) is 0.587. The molecule has 0 saturated carbocycles. The van der Waals surface area contributed by atoms with E-state index in [2.05, 4.69) is 6.08 Å². The topological polar surface area (TPSA) is 20.2 Å². The van der Waals surface area contributed by atoms with Crippen molar-refractivity contribution in [3.63, 3.8) is 0 Å². The summed E-state index contributed by atoms with van der Waals surface area (Å²) < 4.78 is 0. The molecule has 0 radical (unpaired) electrons. The first-order valence-corrected chi connectivity index (χ1v) is 3.56. The molecule has 0 aromatic heterocycles. The first-order valence-electron chi connectivity index (χ1n) is 3.56. The highest BCUT2D eigenvalue weighted by atomic mass is 16.3. The number of rotatable bonds is 1.